The van der Waals surface area contributed by atoms with Crippen LogP contribution in [0.1, 0.15) is 47.5 Å². The SMILES string of the molecule is NC(N)NCCCC(CC(=O)C1CCN2CCC(N)(Cc3ccccc3)C(=O)N12)C(=O)c1nc2ccccc2s1. The van der Waals surface area contributed by atoms with Gasteiger partial charge in [0.15, 0.2) is 16.6 Å². The number of rotatable bonds is 12. The molecule has 1 amide bonds. The Morgan fingerprint density at radius 2 is 1.85 bits per heavy atom. The molecule has 2 aliphatic rings. The number of ketones is 2. The van der Waals surface area contributed by atoms with E-state index in [1.54, 1.807) is 5.01 Å². The van der Waals surface area contributed by atoms with Crippen molar-refractivity contribution >= 4 is 39.0 Å². The number of nitrogens with one attached hydrogen (secondary N) is 1. The van der Waals surface area contributed by atoms with Crippen LogP contribution in [0.15, 0.2) is 54.6 Å². The van der Waals surface area contributed by atoms with E-state index in [0.29, 0.717) is 56.7 Å². The predicted octanol–water partition coefficient (Wildman–Crippen LogP) is 1.79. The van der Waals surface area contributed by atoms with Crippen LogP contribution < -0.4 is 22.5 Å². The first-order valence-corrected chi connectivity index (χ1v) is 14.7. The molecule has 5 rings (SSSR count). The zero-order valence-corrected chi connectivity index (χ0v) is 23.3. The largest absolute Gasteiger partial charge is 0.317 e. The Morgan fingerprint density at radius 3 is 2.60 bits per heavy atom. The van der Waals surface area contributed by atoms with E-state index < -0.39 is 23.8 Å². The number of nitrogens with zero attached hydrogens (tertiary/aromatic N) is 3. The first-order valence-electron chi connectivity index (χ1n) is 13.8. The van der Waals surface area contributed by atoms with Gasteiger partial charge in [-0.3, -0.25) is 24.7 Å². The molecule has 212 valence electrons. The molecule has 40 heavy (non-hydrogen) atoms. The maximum atomic E-state index is 13.8. The topological polar surface area (TPSA) is 161 Å². The van der Waals surface area contributed by atoms with Crippen LogP contribution in [0.25, 0.3) is 10.2 Å². The van der Waals surface area contributed by atoms with E-state index in [1.165, 1.54) is 11.3 Å². The fraction of sp³-hybridized carbons (Fsp3) is 0.448. The van der Waals surface area contributed by atoms with E-state index in [2.05, 4.69) is 10.3 Å². The van der Waals surface area contributed by atoms with Crippen LogP contribution in [0.4, 0.5) is 0 Å². The van der Waals surface area contributed by atoms with Gasteiger partial charge in [-0.2, -0.15) is 0 Å². The Bertz CT molecular complexity index is 1330. The average molecular weight is 564 g/mol. The van der Waals surface area contributed by atoms with E-state index in [0.717, 1.165) is 15.8 Å². The maximum absolute atomic E-state index is 13.8. The highest BCUT2D eigenvalue weighted by Crippen LogP contribution is 2.33. The fourth-order valence-electron chi connectivity index (χ4n) is 5.75. The highest BCUT2D eigenvalue weighted by atomic mass is 32.1. The second-order valence-corrected chi connectivity index (χ2v) is 11.8. The normalized spacial score (nSPS) is 22.1. The van der Waals surface area contributed by atoms with Gasteiger partial charge in [0.05, 0.1) is 10.2 Å². The summed E-state index contributed by atoms with van der Waals surface area (Å²) in [6.07, 6.45) is 1.92. The Kier molecular flexibility index (Phi) is 8.69. The van der Waals surface area contributed by atoms with Crippen molar-refractivity contribution in [2.45, 2.75) is 56.4 Å². The van der Waals surface area contributed by atoms with Crippen LogP contribution in [0, 0.1) is 5.92 Å². The highest BCUT2D eigenvalue weighted by Gasteiger charge is 2.50. The lowest BCUT2D eigenvalue weighted by Crippen LogP contribution is -2.66. The molecule has 2 fully saturated rings. The quantitative estimate of drug-likeness (QED) is 0.146. The molecule has 2 aromatic carbocycles. The molecule has 0 radical (unpaired) electrons. The molecule has 3 atom stereocenters. The number of nitrogens with two attached hydrogens (primary N) is 3. The number of Topliss-reactive ketones (excluding diaryl/α,β-unsaturated/α-hetero) is 2. The van der Waals surface area contributed by atoms with Gasteiger partial charge in [0.1, 0.15) is 17.9 Å². The van der Waals surface area contributed by atoms with Crippen LogP contribution in [0.2, 0.25) is 0 Å². The minimum atomic E-state index is -1.08. The molecule has 3 unspecified atom stereocenters. The van der Waals surface area contributed by atoms with Crippen LogP contribution in [-0.2, 0) is 16.0 Å². The van der Waals surface area contributed by atoms with Crippen molar-refractivity contribution in [2.24, 2.45) is 23.1 Å². The zero-order valence-electron chi connectivity index (χ0n) is 22.5. The van der Waals surface area contributed by atoms with Gasteiger partial charge in [0.2, 0.25) is 0 Å². The standard InChI is InChI=1S/C29H37N7O3S/c30-28(31)33-14-6-9-20(25(38)26-34-21-10-4-5-11-24(21)40-26)17-23(37)22-12-15-35-16-13-29(32,27(39)36(22)35)18-19-7-2-1-3-8-19/h1-5,7-8,10-11,20,22,28,33H,6,9,12-18,30-32H2. The van der Waals surface area contributed by atoms with E-state index in [4.69, 9.17) is 17.2 Å². The summed E-state index contributed by atoms with van der Waals surface area (Å²) in [4.78, 5) is 45.8. The molecular weight excluding hydrogens is 526 g/mol. The molecule has 3 aromatic rings. The molecule has 10 nitrogen and oxygen atoms in total. The van der Waals surface area contributed by atoms with Gasteiger partial charge in [0.25, 0.3) is 5.91 Å². The van der Waals surface area contributed by atoms with E-state index in [1.807, 2.05) is 59.6 Å². The van der Waals surface area contributed by atoms with Crippen molar-refractivity contribution in [3.8, 4) is 0 Å². The first kappa shape index (κ1) is 28.5. The summed E-state index contributed by atoms with van der Waals surface area (Å²) in [5.74, 6) is -1.06. The number of thiazole rings is 1. The predicted molar refractivity (Wildman–Crippen MR) is 155 cm³/mol. The summed E-state index contributed by atoms with van der Waals surface area (Å²) >= 11 is 1.34. The number of amides is 1. The van der Waals surface area contributed by atoms with Gasteiger partial charge >= 0.3 is 0 Å². The monoisotopic (exact) mass is 563 g/mol. The molecule has 0 aliphatic carbocycles. The number of fused-ring (bicyclic) bond motifs is 2. The van der Waals surface area contributed by atoms with Gasteiger partial charge in [-0.15, -0.1) is 11.3 Å². The average Bonchev–Trinajstić information content (AvgIpc) is 3.57. The summed E-state index contributed by atoms with van der Waals surface area (Å²) in [5.41, 5.74) is 18.6. The van der Waals surface area contributed by atoms with Crippen molar-refractivity contribution < 1.29 is 14.4 Å². The van der Waals surface area contributed by atoms with Gasteiger partial charge in [-0.1, -0.05) is 42.5 Å². The van der Waals surface area contributed by atoms with E-state index in [9.17, 15) is 14.4 Å². The highest BCUT2D eigenvalue weighted by molar-refractivity contribution is 7.20. The van der Waals surface area contributed by atoms with E-state index >= 15 is 0 Å². The third-order valence-corrected chi connectivity index (χ3v) is 8.93. The number of hydrogen-bond acceptors (Lipinski definition) is 10. The minimum Gasteiger partial charge on any atom is -0.317 e. The lowest BCUT2D eigenvalue weighted by Gasteiger charge is -2.44. The van der Waals surface area contributed by atoms with E-state index in [-0.39, 0.29) is 23.9 Å². The Balaban J connectivity index is 1.32. The van der Waals surface area contributed by atoms with Gasteiger partial charge in [-0.05, 0) is 56.3 Å². The molecule has 2 saturated heterocycles. The lowest BCUT2D eigenvalue weighted by molar-refractivity contribution is -0.165. The fourth-order valence-corrected chi connectivity index (χ4v) is 6.73. The summed E-state index contributed by atoms with van der Waals surface area (Å²) in [6.45, 7) is 1.74. The number of carbonyl (C=O) groups is 3. The number of hydrazine groups is 1. The van der Waals surface area contributed by atoms with Crippen molar-refractivity contribution in [1.82, 2.24) is 20.3 Å². The minimum absolute atomic E-state index is 0.0297. The number of aromatic nitrogens is 1. The Labute approximate surface area is 237 Å². The second kappa shape index (κ2) is 12.2. The molecule has 1 aromatic heterocycles. The van der Waals surface area contributed by atoms with Crippen LogP contribution >= 0.6 is 11.3 Å². The van der Waals surface area contributed by atoms with Crippen molar-refractivity contribution in [3.05, 3.63) is 65.2 Å². The van der Waals surface area contributed by atoms with Gasteiger partial charge in [-0.25, -0.2) is 9.99 Å². The molecular formula is C29H37N7O3S. The van der Waals surface area contributed by atoms with Crippen LogP contribution in [0.5, 0.6) is 0 Å². The third-order valence-electron chi connectivity index (χ3n) is 7.88. The molecule has 0 spiro atoms. The zero-order chi connectivity index (χ0) is 28.3. The summed E-state index contributed by atoms with van der Waals surface area (Å²) in [5, 5.41) is 6.88. The smallest absolute Gasteiger partial charge is 0.258 e. The molecule has 11 heteroatoms. The number of hydrogen-bond donors (Lipinski definition) is 4. The molecule has 7 N–H and O–H groups in total. The molecule has 3 heterocycles. The maximum Gasteiger partial charge on any atom is 0.258 e. The van der Waals surface area contributed by atoms with Crippen molar-refractivity contribution in [2.75, 3.05) is 19.6 Å². The van der Waals surface area contributed by atoms with Crippen molar-refractivity contribution in [1.29, 1.82) is 0 Å². The Morgan fingerprint density at radius 1 is 1.10 bits per heavy atom. The van der Waals surface area contributed by atoms with Gasteiger partial charge < -0.3 is 17.2 Å². The number of carbonyl (C=O) groups excluding carboxylic acids is 3. The summed E-state index contributed by atoms with van der Waals surface area (Å²) in [7, 11) is 0. The van der Waals surface area contributed by atoms with Crippen LogP contribution in [-0.4, -0.2) is 70.0 Å². The summed E-state index contributed by atoms with van der Waals surface area (Å²) in [6, 6.07) is 16.7. The first-order chi connectivity index (χ1) is 19.2. The third kappa shape index (κ3) is 6.14. The molecule has 2 aliphatic heterocycles. The van der Waals surface area contributed by atoms with Crippen molar-refractivity contribution in [3.63, 3.8) is 0 Å². The van der Waals surface area contributed by atoms with Gasteiger partial charge in [0, 0.05) is 25.4 Å². The second-order valence-electron chi connectivity index (χ2n) is 10.8. The number of benzene rings is 2. The van der Waals surface area contributed by atoms with Crippen LogP contribution in [0.3, 0.4) is 0 Å². The lowest BCUT2D eigenvalue weighted by atomic mass is 9.85. The molecule has 0 bridgehead atoms. The summed E-state index contributed by atoms with van der Waals surface area (Å²) < 4.78 is 0.926. The number of para-hydroxylation sites is 1. The molecule has 0 saturated carbocycles. The Hall–Kier alpha value is -3.06.